The van der Waals surface area contributed by atoms with Crippen molar-refractivity contribution in [3.05, 3.63) is 375 Å². The highest BCUT2D eigenvalue weighted by Crippen LogP contribution is 2.36. The number of rotatable bonds is 2. The first-order valence-electron chi connectivity index (χ1n) is 42.5. The average Bonchev–Trinajstić information content (AvgIpc) is 1.61. The molecule has 0 radical (unpaired) electrons. The van der Waals surface area contributed by atoms with E-state index in [0.717, 1.165) is 34.2 Å². The van der Waals surface area contributed by atoms with Crippen molar-refractivity contribution in [3.63, 3.8) is 0 Å². The van der Waals surface area contributed by atoms with Crippen LogP contribution in [0.15, 0.2) is 373 Å². The first-order valence-corrected chi connectivity index (χ1v) is 43.3. The van der Waals surface area contributed by atoms with Gasteiger partial charge in [-0.05, 0) is 111 Å². The van der Waals surface area contributed by atoms with Crippen LogP contribution in [0.25, 0.3) is 119 Å². The van der Waals surface area contributed by atoms with Crippen LogP contribution >= 0.6 is 11.3 Å². The van der Waals surface area contributed by atoms with E-state index in [4.69, 9.17) is 8.83 Å². The molecule has 0 atom stereocenters. The van der Waals surface area contributed by atoms with Crippen LogP contribution in [-0.4, -0.2) is 9.13 Å². The zero-order valence-corrected chi connectivity index (χ0v) is 71.8. The molecule has 2 fully saturated rings. The van der Waals surface area contributed by atoms with Gasteiger partial charge in [-0.15, -0.1) is 11.3 Å². The molecular weight excluding hydrogens is 1410 g/mol. The monoisotopic (exact) mass is 1540 g/mol. The molecule has 592 valence electrons. The van der Waals surface area contributed by atoms with Gasteiger partial charge in [-0.25, -0.2) is 0 Å². The van der Waals surface area contributed by atoms with Crippen molar-refractivity contribution in [1.82, 2.24) is 9.13 Å². The summed E-state index contributed by atoms with van der Waals surface area (Å²) in [6.45, 7) is 28.9. The Morgan fingerprint density at radius 1 is 0.217 bits per heavy atom. The summed E-state index contributed by atoms with van der Waals surface area (Å²) in [6.07, 6.45) is 14.9. The Kier molecular flexibility index (Phi) is 38.6. The average molecular weight is 1540 g/mol. The fourth-order valence-electron chi connectivity index (χ4n) is 14.3. The van der Waals surface area contributed by atoms with Gasteiger partial charge in [0.1, 0.15) is 22.3 Å². The lowest BCUT2D eigenvalue weighted by molar-refractivity contribution is 0.385. The van der Waals surface area contributed by atoms with E-state index < -0.39 is 0 Å². The third kappa shape index (κ3) is 25.2. The van der Waals surface area contributed by atoms with Gasteiger partial charge < -0.3 is 18.0 Å². The fourth-order valence-corrected chi connectivity index (χ4v) is 15.4. The summed E-state index contributed by atoms with van der Waals surface area (Å²) in [5, 5.41) is 12.8. The molecule has 5 heteroatoms. The number of hydrogen-bond donors (Lipinski definition) is 0. The number of aryl methyl sites for hydroxylation is 2. The Morgan fingerprint density at radius 3 is 0.643 bits per heavy atom. The molecule has 19 aromatic rings. The van der Waals surface area contributed by atoms with Gasteiger partial charge in [0.05, 0.1) is 22.1 Å². The molecule has 2 aliphatic carbocycles. The zero-order chi connectivity index (χ0) is 81.8. The van der Waals surface area contributed by atoms with Gasteiger partial charge in [0.25, 0.3) is 0 Å². The Hall–Kier alpha value is -11.5. The van der Waals surface area contributed by atoms with E-state index >= 15 is 0 Å². The number of thiophene rings is 1. The second-order valence-corrected chi connectivity index (χ2v) is 28.6. The van der Waals surface area contributed by atoms with E-state index in [9.17, 15) is 0 Å². The van der Waals surface area contributed by atoms with Crippen molar-refractivity contribution in [3.8, 4) is 11.4 Å². The quantitative estimate of drug-likeness (QED) is 0.173. The van der Waals surface area contributed by atoms with Crippen LogP contribution in [0, 0.1) is 25.7 Å². The maximum atomic E-state index is 5.65. The lowest BCUT2D eigenvalue weighted by Crippen LogP contribution is -1.99. The minimum Gasteiger partial charge on any atom is -0.456 e. The molecule has 5 heterocycles. The number of hydrogen-bond acceptors (Lipinski definition) is 3. The van der Waals surface area contributed by atoms with Crippen molar-refractivity contribution in [2.24, 2.45) is 11.8 Å². The smallest absolute Gasteiger partial charge is 0.135 e. The van der Waals surface area contributed by atoms with Gasteiger partial charge >= 0.3 is 0 Å². The van der Waals surface area contributed by atoms with Crippen molar-refractivity contribution in [2.45, 2.75) is 161 Å². The number of aromatic nitrogens is 2. The van der Waals surface area contributed by atoms with Crippen LogP contribution < -0.4 is 0 Å². The van der Waals surface area contributed by atoms with E-state index in [1.165, 1.54) is 172 Å². The SMILES string of the molecule is CC.CC.CC.CC.CC.CC1CCCCC1.CC1CCCCC1.Cc1ccccc1.Cc1ccccc1.c1ccc(-n2c3ccccc3c3ccccc32)cc1.c1ccc(-n2c3ccccc3c3ccccc32)cc1.c1ccc2c(c1)oc1ccccc12.c1ccc2c(c1)oc1ccccc12.c1ccc2c(c1)sc1ccccc12. The molecule has 0 aliphatic heterocycles. The number of nitrogens with zero attached hydrogens (tertiary/aromatic N) is 2. The molecule has 0 N–H and O–H groups in total. The summed E-state index contributed by atoms with van der Waals surface area (Å²) in [7, 11) is 0. The predicted octanol–water partition coefficient (Wildman–Crippen LogP) is 35.1. The molecule has 0 spiro atoms. The molecule has 5 aromatic heterocycles. The van der Waals surface area contributed by atoms with Gasteiger partial charge in [-0.3, -0.25) is 0 Å². The predicted molar refractivity (Wildman–Crippen MR) is 512 cm³/mol. The number of fused-ring (bicyclic) bond motifs is 15. The lowest BCUT2D eigenvalue weighted by Gasteiger charge is -2.15. The molecule has 14 aromatic carbocycles. The summed E-state index contributed by atoms with van der Waals surface area (Å²) >= 11 is 1.86. The van der Waals surface area contributed by atoms with Crippen molar-refractivity contribution >= 4 is 119 Å². The van der Waals surface area contributed by atoms with E-state index in [2.05, 4.69) is 292 Å². The van der Waals surface area contributed by atoms with E-state index in [1.807, 2.05) is 190 Å². The number of para-hydroxylation sites is 10. The van der Waals surface area contributed by atoms with Crippen LogP contribution in [0.2, 0.25) is 0 Å². The van der Waals surface area contributed by atoms with Crippen LogP contribution in [0.4, 0.5) is 0 Å². The van der Waals surface area contributed by atoms with E-state index in [0.29, 0.717) is 0 Å². The first-order chi connectivity index (χ1) is 56.8. The fraction of sp³-hybridized carbons (Fsp3) is 0.236. The molecule has 2 saturated carbocycles. The summed E-state index contributed by atoms with van der Waals surface area (Å²) in [5.74, 6) is 2.07. The van der Waals surface area contributed by atoms with Crippen molar-refractivity contribution < 1.29 is 8.83 Å². The van der Waals surface area contributed by atoms with E-state index in [1.54, 1.807) is 0 Å². The Morgan fingerprint density at radius 2 is 0.417 bits per heavy atom. The Balaban J connectivity index is 0.000000163. The number of benzene rings is 14. The molecular formula is C110H124N2O2S. The normalized spacial score (nSPS) is 11.8. The Labute approximate surface area is 691 Å². The van der Waals surface area contributed by atoms with Crippen LogP contribution in [0.5, 0.6) is 0 Å². The minimum absolute atomic E-state index is 0.962. The highest BCUT2D eigenvalue weighted by atomic mass is 32.1. The molecule has 21 rings (SSSR count). The zero-order valence-electron chi connectivity index (χ0n) is 71.0. The van der Waals surface area contributed by atoms with Gasteiger partial charge in [0.15, 0.2) is 0 Å². The van der Waals surface area contributed by atoms with Crippen molar-refractivity contribution in [2.75, 3.05) is 0 Å². The van der Waals surface area contributed by atoms with Gasteiger partial charge in [0, 0.05) is 74.6 Å². The topological polar surface area (TPSA) is 36.1 Å². The van der Waals surface area contributed by atoms with Crippen LogP contribution in [0.3, 0.4) is 0 Å². The summed E-state index contributed by atoms with van der Waals surface area (Å²) in [5.41, 5.74) is 13.9. The minimum atomic E-state index is 0.962. The van der Waals surface area contributed by atoms with Crippen LogP contribution in [-0.2, 0) is 0 Å². The van der Waals surface area contributed by atoms with Gasteiger partial charge in [-0.1, -0.05) is 437 Å². The summed E-state index contributed by atoms with van der Waals surface area (Å²) in [4.78, 5) is 0. The third-order valence-corrected chi connectivity index (χ3v) is 20.9. The lowest BCUT2D eigenvalue weighted by atomic mass is 9.91. The largest absolute Gasteiger partial charge is 0.456 e. The van der Waals surface area contributed by atoms with Gasteiger partial charge in [0.2, 0.25) is 0 Å². The standard InChI is InChI=1S/2C18H13N.2C12H8O.C12H8S.2C7H14.2C7H8.5C2H6/c2*1-2-8-14(9-3-1)19-17-12-6-4-10-15(17)16-11-5-7-13-18(16)19;3*1-3-7-11-9(5-1)10-6-2-4-8-12(10)13-11;4*1-7-5-3-2-4-6-7;5*1-2/h2*1-13H;3*1-8H;2*7H,2-6H2,1H3;2*2-6H,1H3;5*1-2H3. The highest BCUT2D eigenvalue weighted by molar-refractivity contribution is 7.25. The maximum Gasteiger partial charge on any atom is 0.135 e. The molecule has 0 bridgehead atoms. The maximum absolute atomic E-state index is 5.65. The molecule has 115 heavy (non-hydrogen) atoms. The molecule has 2 aliphatic rings. The van der Waals surface area contributed by atoms with Gasteiger partial charge in [-0.2, -0.15) is 0 Å². The third-order valence-electron chi connectivity index (χ3n) is 19.7. The van der Waals surface area contributed by atoms with Crippen molar-refractivity contribution in [1.29, 1.82) is 0 Å². The first kappa shape index (κ1) is 89.1. The Bertz CT molecular complexity index is 5100. The molecule has 4 nitrogen and oxygen atoms in total. The summed E-state index contributed by atoms with van der Waals surface area (Å²) < 4.78 is 18.7. The van der Waals surface area contributed by atoms with E-state index in [-0.39, 0.29) is 0 Å². The molecule has 0 amide bonds. The second-order valence-electron chi connectivity index (χ2n) is 27.5. The second kappa shape index (κ2) is 49.9. The molecule has 0 unspecified atom stereocenters. The number of furan rings is 2. The van der Waals surface area contributed by atoms with Crippen LogP contribution in [0.1, 0.15) is 158 Å². The molecule has 0 saturated heterocycles. The highest BCUT2D eigenvalue weighted by Gasteiger charge is 2.14. The summed E-state index contributed by atoms with van der Waals surface area (Å²) in [6, 6.07) is 125.